The van der Waals surface area contributed by atoms with Gasteiger partial charge in [-0.3, -0.25) is 9.39 Å². The molecule has 0 fully saturated rings. The van der Waals surface area contributed by atoms with E-state index in [1.54, 1.807) is 18.5 Å². The third kappa shape index (κ3) is 1.88. The van der Waals surface area contributed by atoms with Crippen molar-refractivity contribution in [2.24, 2.45) is 4.99 Å². The van der Waals surface area contributed by atoms with Crippen LogP contribution in [0.3, 0.4) is 0 Å². The number of nitrogens with zero attached hydrogens (tertiary/aromatic N) is 2. The van der Waals surface area contributed by atoms with E-state index in [0.717, 1.165) is 17.5 Å². The average molecular weight is 258 g/mol. The topological polar surface area (TPSA) is 37.0 Å². The number of hydrogen-bond donors (Lipinski definition) is 1. The van der Waals surface area contributed by atoms with E-state index in [4.69, 9.17) is 0 Å². The van der Waals surface area contributed by atoms with Gasteiger partial charge < -0.3 is 5.11 Å². The molecule has 3 nitrogen and oxygen atoms in total. The molecule has 0 saturated carbocycles. The lowest BCUT2D eigenvalue weighted by Gasteiger charge is -2.14. The molecule has 0 aliphatic carbocycles. The van der Waals surface area contributed by atoms with E-state index in [0.29, 0.717) is 17.7 Å². The number of aliphatic hydroxyl groups is 1. The predicted molar refractivity (Wildman–Crippen MR) is 72.9 cm³/mol. The van der Waals surface area contributed by atoms with E-state index < -0.39 is 6.10 Å². The zero-order valence-corrected chi connectivity index (χ0v) is 10.7. The van der Waals surface area contributed by atoms with Gasteiger partial charge in [0.2, 0.25) is 0 Å². The Labute approximate surface area is 110 Å². The highest BCUT2D eigenvalue weighted by Gasteiger charge is 2.21. The van der Waals surface area contributed by atoms with Crippen LogP contribution in [-0.4, -0.2) is 15.2 Å². The van der Waals surface area contributed by atoms with Crippen molar-refractivity contribution >= 4 is 11.2 Å². The van der Waals surface area contributed by atoms with Crippen molar-refractivity contribution in [3.8, 4) is 0 Å². The molecule has 1 aliphatic rings. The fourth-order valence-corrected chi connectivity index (χ4v) is 2.54. The Balaban J connectivity index is 2.17. The molecule has 0 aromatic carbocycles. The minimum atomic E-state index is -0.779. The van der Waals surface area contributed by atoms with Crippen LogP contribution in [0.4, 0.5) is 4.39 Å². The van der Waals surface area contributed by atoms with Crippen LogP contribution in [0.5, 0.6) is 0 Å². The quantitative estimate of drug-likeness (QED) is 0.844. The van der Waals surface area contributed by atoms with Gasteiger partial charge in [0.1, 0.15) is 6.10 Å². The molecule has 19 heavy (non-hydrogen) atoms. The molecule has 2 aromatic rings. The van der Waals surface area contributed by atoms with Gasteiger partial charge >= 0.3 is 0 Å². The van der Waals surface area contributed by atoms with Gasteiger partial charge in [0, 0.05) is 24.4 Å². The number of hydrogen-bond acceptors (Lipinski definition) is 2. The van der Waals surface area contributed by atoms with E-state index in [1.165, 1.54) is 10.5 Å². The van der Waals surface area contributed by atoms with Crippen molar-refractivity contribution in [2.45, 2.75) is 25.9 Å². The van der Waals surface area contributed by atoms with Crippen LogP contribution < -0.4 is 0 Å². The zero-order valence-electron chi connectivity index (χ0n) is 10.7. The smallest absolute Gasteiger partial charge is 0.198 e. The van der Waals surface area contributed by atoms with Crippen molar-refractivity contribution in [1.29, 1.82) is 0 Å². The third-order valence-corrected chi connectivity index (χ3v) is 3.54. The first-order valence-electron chi connectivity index (χ1n) is 6.40. The highest BCUT2D eigenvalue weighted by Crippen LogP contribution is 2.28. The molecule has 0 radical (unpaired) electrons. The van der Waals surface area contributed by atoms with Crippen molar-refractivity contribution in [1.82, 2.24) is 4.40 Å². The molecule has 0 amide bonds. The summed E-state index contributed by atoms with van der Waals surface area (Å²) in [6, 6.07) is 4.92. The minimum Gasteiger partial charge on any atom is -0.382 e. The molecular weight excluding hydrogens is 243 g/mol. The van der Waals surface area contributed by atoms with Crippen LogP contribution in [-0.2, 0) is 6.42 Å². The highest BCUT2D eigenvalue weighted by atomic mass is 19.1. The summed E-state index contributed by atoms with van der Waals surface area (Å²) in [4.78, 5) is 4.16. The molecule has 2 aromatic heterocycles. The molecule has 98 valence electrons. The first-order valence-corrected chi connectivity index (χ1v) is 6.40. The standard InChI is InChI=1S/C15H15FN2O/c1-2-10-7-9-18-13(16)6-5-11(14(10)18)15(19)12-4-3-8-17-12/h3,5-9,15,19H,2,4H2,1H3. The fraction of sp³-hybridized carbons (Fsp3) is 0.267. The maximum Gasteiger partial charge on any atom is 0.198 e. The minimum absolute atomic E-state index is 0.322. The number of aromatic nitrogens is 1. The molecule has 1 atom stereocenters. The van der Waals surface area contributed by atoms with Crippen LogP contribution in [0.15, 0.2) is 41.7 Å². The normalized spacial score (nSPS) is 16.1. The molecule has 1 unspecified atom stereocenters. The lowest BCUT2D eigenvalue weighted by molar-refractivity contribution is 0.247. The number of fused-ring (bicyclic) bond motifs is 1. The number of allylic oxidation sites excluding steroid dienone is 1. The Morgan fingerprint density at radius 1 is 1.42 bits per heavy atom. The van der Waals surface area contributed by atoms with Crippen LogP contribution in [0.25, 0.3) is 5.52 Å². The Morgan fingerprint density at radius 2 is 2.26 bits per heavy atom. The summed E-state index contributed by atoms with van der Waals surface area (Å²) >= 11 is 0. The number of halogens is 1. The molecule has 4 heteroatoms. The predicted octanol–water partition coefficient (Wildman–Crippen LogP) is 3.03. The Bertz CT molecular complexity index is 685. The Hall–Kier alpha value is -1.94. The lowest BCUT2D eigenvalue weighted by Crippen LogP contribution is -2.12. The monoisotopic (exact) mass is 258 g/mol. The third-order valence-electron chi connectivity index (χ3n) is 3.54. The largest absolute Gasteiger partial charge is 0.382 e. The maximum atomic E-state index is 13.8. The molecule has 0 bridgehead atoms. The summed E-state index contributed by atoms with van der Waals surface area (Å²) in [5.41, 5.74) is 3.20. The van der Waals surface area contributed by atoms with Gasteiger partial charge in [-0.25, -0.2) is 0 Å². The van der Waals surface area contributed by atoms with E-state index in [2.05, 4.69) is 4.99 Å². The molecule has 0 spiro atoms. The SMILES string of the molecule is CCc1ccn2c(F)ccc(C(O)C3=NC=CC3)c12. The summed E-state index contributed by atoms with van der Waals surface area (Å²) < 4.78 is 15.3. The van der Waals surface area contributed by atoms with Gasteiger partial charge in [-0.1, -0.05) is 13.0 Å². The summed E-state index contributed by atoms with van der Waals surface area (Å²) in [6.07, 6.45) is 5.96. The number of pyridine rings is 1. The van der Waals surface area contributed by atoms with E-state index in [9.17, 15) is 9.50 Å². The second-order valence-electron chi connectivity index (χ2n) is 4.64. The molecule has 0 saturated heterocycles. The van der Waals surface area contributed by atoms with E-state index >= 15 is 0 Å². The van der Waals surface area contributed by atoms with Crippen LogP contribution in [0.1, 0.15) is 30.6 Å². The van der Waals surface area contributed by atoms with Gasteiger partial charge in [-0.2, -0.15) is 4.39 Å². The van der Waals surface area contributed by atoms with Gasteiger partial charge in [-0.15, -0.1) is 0 Å². The summed E-state index contributed by atoms with van der Waals surface area (Å²) in [5.74, 6) is -0.322. The Kier molecular flexibility index (Phi) is 2.95. The van der Waals surface area contributed by atoms with Crippen LogP contribution in [0, 0.1) is 5.95 Å². The highest BCUT2D eigenvalue weighted by molar-refractivity contribution is 5.94. The number of aliphatic imine (C=N–C) groups is 1. The van der Waals surface area contributed by atoms with Crippen molar-refractivity contribution in [2.75, 3.05) is 0 Å². The van der Waals surface area contributed by atoms with Crippen molar-refractivity contribution in [3.05, 3.63) is 53.7 Å². The van der Waals surface area contributed by atoms with Crippen LogP contribution in [0.2, 0.25) is 0 Å². The molecule has 1 N–H and O–H groups in total. The first kappa shape index (κ1) is 12.1. The van der Waals surface area contributed by atoms with Gasteiger partial charge in [0.15, 0.2) is 5.95 Å². The second-order valence-corrected chi connectivity index (χ2v) is 4.64. The summed E-state index contributed by atoms with van der Waals surface area (Å²) in [5, 5.41) is 10.4. The van der Waals surface area contributed by atoms with Crippen molar-refractivity contribution in [3.63, 3.8) is 0 Å². The van der Waals surface area contributed by atoms with Crippen LogP contribution >= 0.6 is 0 Å². The number of aliphatic hydroxyl groups excluding tert-OH is 1. The molecule has 3 heterocycles. The maximum absolute atomic E-state index is 13.8. The van der Waals surface area contributed by atoms with Gasteiger partial charge in [0.25, 0.3) is 0 Å². The van der Waals surface area contributed by atoms with E-state index in [1.807, 2.05) is 19.1 Å². The number of rotatable bonds is 3. The first-order chi connectivity index (χ1) is 9.22. The lowest BCUT2D eigenvalue weighted by atomic mass is 10.0. The summed E-state index contributed by atoms with van der Waals surface area (Å²) in [7, 11) is 0. The van der Waals surface area contributed by atoms with E-state index in [-0.39, 0.29) is 5.95 Å². The molecule has 3 rings (SSSR count). The summed E-state index contributed by atoms with van der Waals surface area (Å²) in [6.45, 7) is 2.02. The molecular formula is C15H15FN2O. The second kappa shape index (κ2) is 4.63. The zero-order chi connectivity index (χ0) is 13.4. The fourth-order valence-electron chi connectivity index (χ4n) is 2.54. The van der Waals surface area contributed by atoms with Crippen molar-refractivity contribution < 1.29 is 9.50 Å². The Morgan fingerprint density at radius 3 is 2.95 bits per heavy atom. The molecule has 1 aliphatic heterocycles. The van der Waals surface area contributed by atoms with Gasteiger partial charge in [0.05, 0.1) is 11.2 Å². The number of aryl methyl sites for hydroxylation is 1. The average Bonchev–Trinajstić information content (AvgIpc) is 3.08. The van der Waals surface area contributed by atoms with Gasteiger partial charge in [-0.05, 0) is 30.2 Å².